The first-order chi connectivity index (χ1) is 9.84. The Bertz CT molecular complexity index is 437. The zero-order chi connectivity index (χ0) is 16.0. The summed E-state index contributed by atoms with van der Waals surface area (Å²) < 4.78 is 2.08. The molecule has 0 fully saturated rings. The third-order valence-corrected chi connectivity index (χ3v) is 4.38. The van der Waals surface area contributed by atoms with Crippen molar-refractivity contribution in [2.24, 2.45) is 5.41 Å². The van der Waals surface area contributed by atoms with Crippen molar-refractivity contribution < 1.29 is 0 Å². The van der Waals surface area contributed by atoms with Crippen molar-refractivity contribution >= 4 is 11.6 Å². The van der Waals surface area contributed by atoms with Crippen LogP contribution in [-0.4, -0.2) is 22.4 Å². The molecule has 0 amide bonds. The maximum Gasteiger partial charge on any atom is 0.0850 e. The zero-order valence-electron chi connectivity index (χ0n) is 14.6. The predicted molar refractivity (Wildman–Crippen MR) is 92.1 cm³/mol. The summed E-state index contributed by atoms with van der Waals surface area (Å²) in [6.07, 6.45) is 4.19. The lowest BCUT2D eigenvalue weighted by Gasteiger charge is -2.29. The number of aryl methyl sites for hydroxylation is 2. The van der Waals surface area contributed by atoms with Crippen LogP contribution in [-0.2, 0) is 19.4 Å². The monoisotopic (exact) mass is 313 g/mol. The third-order valence-electron chi connectivity index (χ3n) is 3.94. The molecule has 4 heteroatoms. The molecule has 1 aromatic rings. The van der Waals surface area contributed by atoms with Gasteiger partial charge in [0.2, 0.25) is 0 Å². The third kappa shape index (κ3) is 5.30. The van der Waals surface area contributed by atoms with Gasteiger partial charge in [0, 0.05) is 12.6 Å². The predicted octanol–water partition coefficient (Wildman–Crippen LogP) is 4.47. The van der Waals surface area contributed by atoms with Crippen LogP contribution in [0.25, 0.3) is 0 Å². The van der Waals surface area contributed by atoms with Crippen LogP contribution in [0.5, 0.6) is 0 Å². The summed E-state index contributed by atoms with van der Waals surface area (Å²) in [7, 11) is 0. The van der Waals surface area contributed by atoms with Crippen molar-refractivity contribution in [3.8, 4) is 0 Å². The number of hydrogen-bond donors (Lipinski definition) is 1. The molecule has 0 aliphatic rings. The number of nitrogens with zero attached hydrogens (tertiary/aromatic N) is 2. The SMILES string of the molecule is CCCNC(C)CC(C)(C)Cc1c(Cl)c(CC)nn1CC. The van der Waals surface area contributed by atoms with E-state index in [1.807, 2.05) is 0 Å². The molecule has 1 unspecified atom stereocenters. The molecular formula is C17H32ClN3. The molecule has 1 N–H and O–H groups in total. The van der Waals surface area contributed by atoms with Crippen LogP contribution in [0.15, 0.2) is 0 Å². The van der Waals surface area contributed by atoms with Crippen molar-refractivity contribution in [1.29, 1.82) is 0 Å². The first-order valence-electron chi connectivity index (χ1n) is 8.32. The summed E-state index contributed by atoms with van der Waals surface area (Å²) in [5.74, 6) is 0. The minimum atomic E-state index is 0.210. The van der Waals surface area contributed by atoms with E-state index in [4.69, 9.17) is 11.6 Å². The second-order valence-corrected chi connectivity index (χ2v) is 7.15. The summed E-state index contributed by atoms with van der Waals surface area (Å²) >= 11 is 6.54. The Kier molecular flexibility index (Phi) is 7.22. The topological polar surface area (TPSA) is 29.9 Å². The van der Waals surface area contributed by atoms with Gasteiger partial charge in [-0.15, -0.1) is 0 Å². The Morgan fingerprint density at radius 2 is 1.95 bits per heavy atom. The van der Waals surface area contributed by atoms with Gasteiger partial charge in [-0.05, 0) is 51.5 Å². The Balaban J connectivity index is 2.80. The maximum atomic E-state index is 6.54. The molecule has 21 heavy (non-hydrogen) atoms. The van der Waals surface area contributed by atoms with Crippen LogP contribution in [0.1, 0.15) is 65.8 Å². The smallest absolute Gasteiger partial charge is 0.0850 e. The van der Waals surface area contributed by atoms with E-state index in [0.717, 1.165) is 43.1 Å². The first-order valence-corrected chi connectivity index (χ1v) is 8.69. The lowest BCUT2D eigenvalue weighted by molar-refractivity contribution is 0.280. The highest BCUT2D eigenvalue weighted by atomic mass is 35.5. The maximum absolute atomic E-state index is 6.54. The van der Waals surface area contributed by atoms with Gasteiger partial charge in [0.15, 0.2) is 0 Å². The van der Waals surface area contributed by atoms with Gasteiger partial charge in [-0.1, -0.05) is 39.3 Å². The van der Waals surface area contributed by atoms with E-state index in [9.17, 15) is 0 Å². The standard InChI is InChI=1S/C17H32ClN3/c1-7-10-19-13(4)11-17(5,6)12-15-16(18)14(8-2)20-21(15)9-3/h13,19H,7-12H2,1-6H3. The Morgan fingerprint density at radius 1 is 1.29 bits per heavy atom. The second kappa shape index (κ2) is 8.19. The van der Waals surface area contributed by atoms with Crippen molar-refractivity contribution in [2.45, 2.75) is 79.8 Å². The van der Waals surface area contributed by atoms with Crippen LogP contribution in [0.3, 0.4) is 0 Å². The molecule has 0 saturated carbocycles. The largest absolute Gasteiger partial charge is 0.314 e. The van der Waals surface area contributed by atoms with Gasteiger partial charge in [-0.2, -0.15) is 5.10 Å². The van der Waals surface area contributed by atoms with E-state index in [1.54, 1.807) is 0 Å². The molecule has 0 saturated heterocycles. The number of halogens is 1. The van der Waals surface area contributed by atoms with Gasteiger partial charge >= 0.3 is 0 Å². The fourth-order valence-electron chi connectivity index (χ4n) is 3.00. The molecule has 0 aliphatic carbocycles. The minimum Gasteiger partial charge on any atom is -0.314 e. The summed E-state index contributed by atoms with van der Waals surface area (Å²) in [6.45, 7) is 15.3. The van der Waals surface area contributed by atoms with E-state index in [2.05, 4.69) is 56.6 Å². The molecule has 3 nitrogen and oxygen atoms in total. The van der Waals surface area contributed by atoms with Crippen molar-refractivity contribution in [3.05, 3.63) is 16.4 Å². The minimum absolute atomic E-state index is 0.210. The second-order valence-electron chi connectivity index (χ2n) is 6.78. The van der Waals surface area contributed by atoms with Crippen LogP contribution in [0.4, 0.5) is 0 Å². The van der Waals surface area contributed by atoms with E-state index in [-0.39, 0.29) is 5.41 Å². The molecule has 1 atom stereocenters. The van der Waals surface area contributed by atoms with Crippen molar-refractivity contribution in [2.75, 3.05) is 6.54 Å². The summed E-state index contributed by atoms with van der Waals surface area (Å²) in [6, 6.07) is 0.530. The molecule has 1 rings (SSSR count). The van der Waals surface area contributed by atoms with Crippen LogP contribution in [0, 0.1) is 5.41 Å². The highest BCUT2D eigenvalue weighted by molar-refractivity contribution is 6.31. The van der Waals surface area contributed by atoms with Crippen LogP contribution < -0.4 is 5.32 Å². The van der Waals surface area contributed by atoms with E-state index >= 15 is 0 Å². The lowest BCUT2D eigenvalue weighted by Crippen LogP contribution is -2.33. The molecule has 0 radical (unpaired) electrons. The zero-order valence-corrected chi connectivity index (χ0v) is 15.3. The van der Waals surface area contributed by atoms with E-state index in [1.165, 1.54) is 12.1 Å². The highest BCUT2D eigenvalue weighted by Gasteiger charge is 2.26. The van der Waals surface area contributed by atoms with Gasteiger partial charge in [-0.25, -0.2) is 0 Å². The van der Waals surface area contributed by atoms with E-state index < -0.39 is 0 Å². The average Bonchev–Trinajstić information content (AvgIpc) is 2.72. The highest BCUT2D eigenvalue weighted by Crippen LogP contribution is 2.32. The van der Waals surface area contributed by atoms with E-state index in [0.29, 0.717) is 6.04 Å². The van der Waals surface area contributed by atoms with Gasteiger partial charge in [0.25, 0.3) is 0 Å². The number of hydrogen-bond acceptors (Lipinski definition) is 2. The number of aromatic nitrogens is 2. The molecule has 122 valence electrons. The first kappa shape index (κ1) is 18.5. The van der Waals surface area contributed by atoms with Gasteiger partial charge in [0.1, 0.15) is 0 Å². The van der Waals surface area contributed by atoms with Crippen molar-refractivity contribution in [3.63, 3.8) is 0 Å². The molecule has 0 bridgehead atoms. The Morgan fingerprint density at radius 3 is 2.48 bits per heavy atom. The normalized spacial score (nSPS) is 13.7. The van der Waals surface area contributed by atoms with Gasteiger partial charge in [-0.3, -0.25) is 4.68 Å². The summed E-state index contributed by atoms with van der Waals surface area (Å²) in [5.41, 5.74) is 2.44. The Hall–Kier alpha value is -0.540. The molecular weight excluding hydrogens is 282 g/mol. The average molecular weight is 314 g/mol. The lowest BCUT2D eigenvalue weighted by atomic mass is 9.81. The van der Waals surface area contributed by atoms with Crippen LogP contribution >= 0.6 is 11.6 Å². The molecule has 0 aromatic carbocycles. The fraction of sp³-hybridized carbons (Fsp3) is 0.824. The molecule has 1 aromatic heterocycles. The van der Waals surface area contributed by atoms with Gasteiger partial charge in [0.05, 0.1) is 16.4 Å². The molecule has 0 aliphatic heterocycles. The number of rotatable bonds is 9. The summed E-state index contributed by atoms with van der Waals surface area (Å²) in [4.78, 5) is 0. The number of nitrogens with one attached hydrogen (secondary N) is 1. The molecule has 0 spiro atoms. The van der Waals surface area contributed by atoms with Gasteiger partial charge < -0.3 is 5.32 Å². The quantitative estimate of drug-likeness (QED) is 0.729. The van der Waals surface area contributed by atoms with Crippen LogP contribution in [0.2, 0.25) is 5.02 Å². The molecule has 1 heterocycles. The summed E-state index contributed by atoms with van der Waals surface area (Å²) in [5, 5.41) is 9.08. The Labute approximate surface area is 135 Å². The fourth-order valence-corrected chi connectivity index (χ4v) is 3.34. The van der Waals surface area contributed by atoms with Crippen molar-refractivity contribution in [1.82, 2.24) is 15.1 Å².